The van der Waals surface area contributed by atoms with Crippen molar-refractivity contribution in [3.63, 3.8) is 0 Å². The van der Waals surface area contributed by atoms with E-state index in [0.29, 0.717) is 47.2 Å². The van der Waals surface area contributed by atoms with Gasteiger partial charge in [0.15, 0.2) is 0 Å². The number of carbonyl (C=O) groups is 3. The van der Waals surface area contributed by atoms with Crippen molar-refractivity contribution in [2.75, 3.05) is 13.1 Å². The molecule has 2 N–H and O–H groups in total. The molecule has 1 aromatic heterocycles. The Morgan fingerprint density at radius 2 is 2.03 bits per heavy atom. The van der Waals surface area contributed by atoms with Crippen molar-refractivity contribution in [1.82, 2.24) is 15.2 Å². The van der Waals surface area contributed by atoms with Crippen molar-refractivity contribution < 1.29 is 19.1 Å². The fourth-order valence-electron chi connectivity index (χ4n) is 4.06. The second kappa shape index (κ2) is 10.2. The van der Waals surface area contributed by atoms with Crippen LogP contribution in [0.5, 0.6) is 0 Å². The summed E-state index contributed by atoms with van der Waals surface area (Å²) in [4.78, 5) is 43.1. The third-order valence-electron chi connectivity index (χ3n) is 5.63. The number of carbonyl (C=O) groups excluding carboxylic acids is 3. The molecule has 0 aliphatic carbocycles. The van der Waals surface area contributed by atoms with Crippen LogP contribution >= 0.6 is 11.6 Å². The minimum absolute atomic E-state index is 0.0805. The van der Waals surface area contributed by atoms with Crippen LogP contribution in [-0.2, 0) is 16.1 Å². The number of aromatic nitrogens is 1. The van der Waals surface area contributed by atoms with Gasteiger partial charge in [0.2, 0.25) is 5.91 Å². The molecule has 1 unspecified atom stereocenters. The van der Waals surface area contributed by atoms with E-state index < -0.39 is 5.97 Å². The van der Waals surface area contributed by atoms with E-state index in [2.05, 4.69) is 10.3 Å². The number of aryl methyl sites for hydroxylation is 1. The van der Waals surface area contributed by atoms with Crippen LogP contribution in [0, 0.1) is 19.8 Å². The molecule has 7 nitrogen and oxygen atoms in total. The molecule has 2 aromatic rings. The van der Waals surface area contributed by atoms with E-state index in [1.807, 2.05) is 18.2 Å². The van der Waals surface area contributed by atoms with E-state index in [1.54, 1.807) is 38.7 Å². The highest BCUT2D eigenvalue weighted by atomic mass is 35.5. The average Bonchev–Trinajstić information content (AvgIpc) is 3.05. The zero-order valence-corrected chi connectivity index (χ0v) is 19.7. The lowest BCUT2D eigenvalue weighted by Gasteiger charge is -2.32. The summed E-state index contributed by atoms with van der Waals surface area (Å²) in [5.41, 5.74) is 2.87. The highest BCUT2D eigenvalue weighted by Gasteiger charge is 2.32. The molecular weight excluding hydrogens is 430 g/mol. The molecule has 172 valence electrons. The zero-order valence-electron chi connectivity index (χ0n) is 19.0. The standard InChI is InChI=1S/C24H30ClN3O4/c1-14(2)32-24(31)20-15(3)21(27-16(20)4)23(30)28-10-6-8-18(13-28)22(29)26-12-17-7-5-9-19(25)11-17/h5,7,9,11,14,18,27H,6,8,10,12-13H2,1-4H3,(H,26,29). The summed E-state index contributed by atoms with van der Waals surface area (Å²) in [6.45, 7) is 8.36. The molecule has 8 heteroatoms. The summed E-state index contributed by atoms with van der Waals surface area (Å²) in [6.07, 6.45) is 1.21. The van der Waals surface area contributed by atoms with Crippen LogP contribution in [0.4, 0.5) is 0 Å². The number of amides is 2. The molecule has 0 spiro atoms. The summed E-state index contributed by atoms with van der Waals surface area (Å²) in [6, 6.07) is 7.35. The maximum absolute atomic E-state index is 13.2. The lowest BCUT2D eigenvalue weighted by molar-refractivity contribution is -0.126. The summed E-state index contributed by atoms with van der Waals surface area (Å²) in [5.74, 6) is -1.01. The maximum Gasteiger partial charge on any atom is 0.340 e. The molecule has 1 saturated heterocycles. The third kappa shape index (κ3) is 5.51. The molecule has 2 amide bonds. The van der Waals surface area contributed by atoms with Crippen molar-refractivity contribution in [3.05, 3.63) is 57.4 Å². The van der Waals surface area contributed by atoms with Crippen LogP contribution in [-0.4, -0.2) is 46.9 Å². The van der Waals surface area contributed by atoms with Crippen molar-refractivity contribution in [3.8, 4) is 0 Å². The normalized spacial score (nSPS) is 16.2. The first-order chi connectivity index (χ1) is 15.2. The van der Waals surface area contributed by atoms with Crippen molar-refractivity contribution in [1.29, 1.82) is 0 Å². The number of piperidine rings is 1. The highest BCUT2D eigenvalue weighted by molar-refractivity contribution is 6.30. The molecule has 1 fully saturated rings. The minimum Gasteiger partial charge on any atom is -0.459 e. The number of H-pyrrole nitrogens is 1. The van der Waals surface area contributed by atoms with Gasteiger partial charge in [0.25, 0.3) is 5.91 Å². The number of nitrogens with one attached hydrogen (secondary N) is 2. The Balaban J connectivity index is 1.66. The van der Waals surface area contributed by atoms with Crippen molar-refractivity contribution in [2.45, 2.75) is 53.2 Å². The third-order valence-corrected chi connectivity index (χ3v) is 5.87. The number of nitrogens with zero attached hydrogens (tertiary/aromatic N) is 1. The van der Waals surface area contributed by atoms with E-state index in [9.17, 15) is 14.4 Å². The fourth-order valence-corrected chi connectivity index (χ4v) is 4.27. The maximum atomic E-state index is 13.2. The Bertz CT molecular complexity index is 1010. The molecule has 0 bridgehead atoms. The summed E-state index contributed by atoms with van der Waals surface area (Å²) in [5, 5.41) is 3.57. The van der Waals surface area contributed by atoms with Gasteiger partial charge < -0.3 is 19.9 Å². The number of halogens is 1. The second-order valence-electron chi connectivity index (χ2n) is 8.52. The summed E-state index contributed by atoms with van der Waals surface area (Å²) in [7, 11) is 0. The van der Waals surface area contributed by atoms with Crippen LogP contribution in [0.25, 0.3) is 0 Å². The van der Waals surface area contributed by atoms with E-state index in [1.165, 1.54) is 0 Å². The van der Waals surface area contributed by atoms with Crippen LogP contribution in [0.2, 0.25) is 5.02 Å². The number of benzene rings is 1. The zero-order chi connectivity index (χ0) is 23.4. The summed E-state index contributed by atoms with van der Waals surface area (Å²) >= 11 is 6.00. The largest absolute Gasteiger partial charge is 0.459 e. The predicted molar refractivity (Wildman–Crippen MR) is 123 cm³/mol. The number of ether oxygens (including phenoxy) is 1. The van der Waals surface area contributed by atoms with E-state index in [4.69, 9.17) is 16.3 Å². The predicted octanol–water partition coefficient (Wildman–Crippen LogP) is 4.02. The first-order valence-corrected chi connectivity index (χ1v) is 11.3. The number of likely N-dealkylation sites (tertiary alicyclic amines) is 1. The fraction of sp³-hybridized carbons (Fsp3) is 0.458. The summed E-state index contributed by atoms with van der Waals surface area (Å²) < 4.78 is 5.31. The number of rotatable bonds is 6. The van der Waals surface area contributed by atoms with Crippen LogP contribution in [0.3, 0.4) is 0 Å². The Morgan fingerprint density at radius 1 is 1.28 bits per heavy atom. The quantitative estimate of drug-likeness (QED) is 0.638. The Labute approximate surface area is 193 Å². The van der Waals surface area contributed by atoms with Crippen LogP contribution < -0.4 is 5.32 Å². The van der Waals surface area contributed by atoms with E-state index in [0.717, 1.165) is 18.4 Å². The molecule has 1 atom stereocenters. The Hall–Kier alpha value is -2.80. The second-order valence-corrected chi connectivity index (χ2v) is 8.95. The van der Waals surface area contributed by atoms with Gasteiger partial charge in [0.1, 0.15) is 5.69 Å². The lowest BCUT2D eigenvalue weighted by atomic mass is 9.96. The van der Waals surface area contributed by atoms with Gasteiger partial charge in [-0.05, 0) is 63.8 Å². The van der Waals surface area contributed by atoms with E-state index >= 15 is 0 Å². The van der Waals surface area contributed by atoms with E-state index in [-0.39, 0.29) is 23.8 Å². The Morgan fingerprint density at radius 3 is 2.72 bits per heavy atom. The van der Waals surface area contributed by atoms with Crippen LogP contribution in [0.15, 0.2) is 24.3 Å². The lowest BCUT2D eigenvalue weighted by Crippen LogP contribution is -2.45. The first kappa shape index (κ1) is 23.9. The topological polar surface area (TPSA) is 91.5 Å². The molecule has 3 rings (SSSR count). The van der Waals surface area contributed by atoms with Crippen molar-refractivity contribution in [2.24, 2.45) is 5.92 Å². The first-order valence-electron chi connectivity index (χ1n) is 10.9. The van der Waals surface area contributed by atoms with Crippen molar-refractivity contribution >= 4 is 29.4 Å². The molecular formula is C24H30ClN3O4. The van der Waals surface area contributed by atoms with Gasteiger partial charge in [0.05, 0.1) is 17.6 Å². The van der Waals surface area contributed by atoms with Gasteiger partial charge in [-0.2, -0.15) is 0 Å². The highest BCUT2D eigenvalue weighted by Crippen LogP contribution is 2.24. The molecule has 32 heavy (non-hydrogen) atoms. The molecule has 0 radical (unpaired) electrons. The SMILES string of the molecule is Cc1[nH]c(C(=O)N2CCCC(C(=O)NCc3cccc(Cl)c3)C2)c(C)c1C(=O)OC(C)C. The van der Waals surface area contributed by atoms with Gasteiger partial charge in [-0.3, -0.25) is 9.59 Å². The number of hydrogen-bond acceptors (Lipinski definition) is 4. The number of esters is 1. The molecule has 1 aromatic carbocycles. The molecule has 0 saturated carbocycles. The molecule has 1 aliphatic rings. The van der Waals surface area contributed by atoms with Gasteiger partial charge in [-0.25, -0.2) is 4.79 Å². The molecule has 2 heterocycles. The molecule has 1 aliphatic heterocycles. The monoisotopic (exact) mass is 459 g/mol. The van der Waals surface area contributed by atoms with Gasteiger partial charge in [0, 0.05) is 30.4 Å². The average molecular weight is 460 g/mol. The van der Waals surface area contributed by atoms with Gasteiger partial charge in [-0.1, -0.05) is 23.7 Å². The minimum atomic E-state index is -0.442. The smallest absolute Gasteiger partial charge is 0.340 e. The van der Waals surface area contributed by atoms with Gasteiger partial charge in [-0.15, -0.1) is 0 Å². The Kier molecular flexibility index (Phi) is 7.61. The van der Waals surface area contributed by atoms with Gasteiger partial charge >= 0.3 is 5.97 Å². The number of aromatic amines is 1. The number of hydrogen-bond donors (Lipinski definition) is 2. The van der Waals surface area contributed by atoms with Crippen LogP contribution in [0.1, 0.15) is 64.4 Å².